The minimum Gasteiger partial charge on any atom is -0.486 e. The molecular weight excluding hydrogens is 318 g/mol. The van der Waals surface area contributed by atoms with Crippen LogP contribution in [0.5, 0.6) is 11.5 Å². The first-order valence-corrected chi connectivity index (χ1v) is 8.01. The van der Waals surface area contributed by atoms with E-state index < -0.39 is 0 Å². The standard InChI is InChI=1S/C15H13N3O4S/c19-14-6-16-15(20)18(14)7-13-17-10(8-23-13)9-1-2-11-12(5-9)22-4-3-21-11/h1-2,5,8H,3-4,6-7H2,(H,16,20). The lowest BCUT2D eigenvalue weighted by Gasteiger charge is -2.18. The van der Waals surface area contributed by atoms with E-state index in [1.54, 1.807) is 0 Å². The number of fused-ring (bicyclic) bond motifs is 1. The molecule has 0 radical (unpaired) electrons. The van der Waals surface area contributed by atoms with Gasteiger partial charge in [-0.2, -0.15) is 0 Å². The van der Waals surface area contributed by atoms with E-state index in [0.29, 0.717) is 24.0 Å². The van der Waals surface area contributed by atoms with E-state index in [1.807, 2.05) is 23.6 Å². The highest BCUT2D eigenvalue weighted by molar-refractivity contribution is 7.09. The first-order chi connectivity index (χ1) is 11.2. The van der Waals surface area contributed by atoms with Gasteiger partial charge in [0.1, 0.15) is 18.2 Å². The second-order valence-electron chi connectivity index (χ2n) is 5.12. The minimum absolute atomic E-state index is 0.0548. The van der Waals surface area contributed by atoms with Crippen LogP contribution < -0.4 is 14.8 Å². The Kier molecular flexibility index (Phi) is 3.38. The lowest BCUT2D eigenvalue weighted by Crippen LogP contribution is -2.30. The number of ether oxygens (including phenoxy) is 2. The van der Waals surface area contributed by atoms with E-state index in [4.69, 9.17) is 9.47 Å². The highest BCUT2D eigenvalue weighted by Crippen LogP contribution is 2.34. The van der Waals surface area contributed by atoms with E-state index in [-0.39, 0.29) is 25.0 Å². The zero-order valence-corrected chi connectivity index (χ0v) is 12.9. The summed E-state index contributed by atoms with van der Waals surface area (Å²) in [5, 5.41) is 5.11. The fraction of sp³-hybridized carbons (Fsp3) is 0.267. The van der Waals surface area contributed by atoms with Crippen molar-refractivity contribution in [3.05, 3.63) is 28.6 Å². The quantitative estimate of drug-likeness (QED) is 0.865. The number of rotatable bonds is 3. The Balaban J connectivity index is 1.56. The monoisotopic (exact) mass is 331 g/mol. The molecule has 4 rings (SSSR count). The van der Waals surface area contributed by atoms with Gasteiger partial charge in [0.2, 0.25) is 5.91 Å². The SMILES string of the molecule is O=C1CNC(=O)N1Cc1nc(-c2ccc3c(c2)OCCO3)cs1. The number of urea groups is 1. The van der Waals surface area contributed by atoms with Crippen LogP contribution in [0.15, 0.2) is 23.6 Å². The van der Waals surface area contributed by atoms with Crippen LogP contribution in [-0.2, 0) is 11.3 Å². The average molecular weight is 331 g/mol. The Bertz CT molecular complexity index is 773. The summed E-state index contributed by atoms with van der Waals surface area (Å²) in [7, 11) is 0. The number of carbonyl (C=O) groups excluding carboxylic acids is 2. The van der Waals surface area contributed by atoms with Crippen LogP contribution in [0.2, 0.25) is 0 Å². The molecule has 3 heterocycles. The third-order valence-corrected chi connectivity index (χ3v) is 4.45. The zero-order valence-electron chi connectivity index (χ0n) is 12.1. The van der Waals surface area contributed by atoms with Gasteiger partial charge >= 0.3 is 6.03 Å². The van der Waals surface area contributed by atoms with Crippen LogP contribution in [0, 0.1) is 0 Å². The van der Waals surface area contributed by atoms with E-state index >= 15 is 0 Å². The fourth-order valence-electron chi connectivity index (χ4n) is 2.47. The number of hydrogen-bond acceptors (Lipinski definition) is 6. The maximum Gasteiger partial charge on any atom is 0.324 e. The molecule has 118 valence electrons. The third-order valence-electron chi connectivity index (χ3n) is 3.62. The number of benzene rings is 1. The van der Waals surface area contributed by atoms with Crippen molar-refractivity contribution >= 4 is 23.3 Å². The lowest BCUT2D eigenvalue weighted by atomic mass is 10.1. The Labute approximate surface area is 135 Å². The molecule has 2 aromatic rings. The van der Waals surface area contributed by atoms with Crippen LogP contribution in [0.25, 0.3) is 11.3 Å². The molecule has 1 saturated heterocycles. The van der Waals surface area contributed by atoms with Gasteiger partial charge in [-0.3, -0.25) is 9.69 Å². The number of carbonyl (C=O) groups is 2. The molecule has 2 aliphatic heterocycles. The summed E-state index contributed by atoms with van der Waals surface area (Å²) in [4.78, 5) is 28.9. The number of imide groups is 1. The van der Waals surface area contributed by atoms with Crippen LogP contribution >= 0.6 is 11.3 Å². The second kappa shape index (κ2) is 5.54. The summed E-state index contributed by atoms with van der Waals surface area (Å²) in [5.41, 5.74) is 1.70. The van der Waals surface area contributed by atoms with E-state index in [9.17, 15) is 9.59 Å². The summed E-state index contributed by atoms with van der Waals surface area (Å²) >= 11 is 1.42. The predicted molar refractivity (Wildman–Crippen MR) is 82.5 cm³/mol. The topological polar surface area (TPSA) is 80.8 Å². The molecule has 1 fully saturated rings. The number of hydrogen-bond donors (Lipinski definition) is 1. The molecule has 0 spiro atoms. The van der Waals surface area contributed by atoms with Crippen molar-refractivity contribution in [3.8, 4) is 22.8 Å². The first kappa shape index (κ1) is 14.0. The van der Waals surface area contributed by atoms with Crippen LogP contribution in [0.3, 0.4) is 0 Å². The molecule has 2 aliphatic rings. The number of nitrogens with one attached hydrogen (secondary N) is 1. The normalized spacial score (nSPS) is 16.6. The highest BCUT2D eigenvalue weighted by Gasteiger charge is 2.29. The molecule has 8 heteroatoms. The Morgan fingerprint density at radius 1 is 1.22 bits per heavy atom. The first-order valence-electron chi connectivity index (χ1n) is 7.13. The number of aromatic nitrogens is 1. The molecule has 0 atom stereocenters. The van der Waals surface area contributed by atoms with Crippen LogP contribution in [-0.4, -0.2) is 41.6 Å². The van der Waals surface area contributed by atoms with Gasteiger partial charge < -0.3 is 14.8 Å². The molecule has 1 N–H and O–H groups in total. The van der Waals surface area contributed by atoms with Crippen molar-refractivity contribution in [3.63, 3.8) is 0 Å². The lowest BCUT2D eigenvalue weighted by molar-refractivity contribution is -0.125. The van der Waals surface area contributed by atoms with E-state index in [1.165, 1.54) is 16.2 Å². The molecule has 23 heavy (non-hydrogen) atoms. The molecule has 0 bridgehead atoms. The molecule has 7 nitrogen and oxygen atoms in total. The number of nitrogens with zero attached hydrogens (tertiary/aromatic N) is 2. The van der Waals surface area contributed by atoms with Gasteiger partial charge in [0.15, 0.2) is 11.5 Å². The smallest absolute Gasteiger partial charge is 0.324 e. The zero-order chi connectivity index (χ0) is 15.8. The van der Waals surface area contributed by atoms with Crippen LogP contribution in [0.4, 0.5) is 4.79 Å². The van der Waals surface area contributed by atoms with Gasteiger partial charge in [-0.25, -0.2) is 9.78 Å². The van der Waals surface area contributed by atoms with Crippen molar-refractivity contribution in [2.75, 3.05) is 19.8 Å². The highest BCUT2D eigenvalue weighted by atomic mass is 32.1. The van der Waals surface area contributed by atoms with Crippen molar-refractivity contribution in [2.24, 2.45) is 0 Å². The third kappa shape index (κ3) is 2.61. The molecule has 1 aromatic heterocycles. The summed E-state index contributed by atoms with van der Waals surface area (Å²) in [6.45, 7) is 1.34. The number of amides is 3. The summed E-state index contributed by atoms with van der Waals surface area (Å²) in [6.07, 6.45) is 0. The van der Waals surface area contributed by atoms with Gasteiger partial charge in [-0.05, 0) is 18.2 Å². The maximum atomic E-state index is 11.6. The molecular formula is C15H13N3O4S. The van der Waals surface area contributed by atoms with Gasteiger partial charge in [-0.1, -0.05) is 0 Å². The van der Waals surface area contributed by atoms with E-state index in [2.05, 4.69) is 10.3 Å². The summed E-state index contributed by atoms with van der Waals surface area (Å²) in [5.74, 6) is 1.21. The molecule has 0 aliphatic carbocycles. The maximum absolute atomic E-state index is 11.6. The number of thiazole rings is 1. The Morgan fingerprint density at radius 3 is 2.83 bits per heavy atom. The summed E-state index contributed by atoms with van der Waals surface area (Å²) in [6, 6.07) is 5.30. The molecule has 3 amide bonds. The fourth-order valence-corrected chi connectivity index (χ4v) is 3.26. The van der Waals surface area contributed by atoms with Crippen molar-refractivity contribution in [2.45, 2.75) is 6.54 Å². The summed E-state index contributed by atoms with van der Waals surface area (Å²) < 4.78 is 11.1. The Morgan fingerprint density at radius 2 is 2.04 bits per heavy atom. The van der Waals surface area contributed by atoms with Crippen molar-refractivity contribution in [1.82, 2.24) is 15.2 Å². The molecule has 0 saturated carbocycles. The predicted octanol–water partition coefficient (Wildman–Crippen LogP) is 1.63. The Hall–Kier alpha value is -2.61. The van der Waals surface area contributed by atoms with Gasteiger partial charge in [-0.15, -0.1) is 11.3 Å². The minimum atomic E-state index is -0.369. The molecule has 1 aromatic carbocycles. The average Bonchev–Trinajstić information content (AvgIpc) is 3.17. The van der Waals surface area contributed by atoms with Crippen molar-refractivity contribution in [1.29, 1.82) is 0 Å². The van der Waals surface area contributed by atoms with Gasteiger partial charge in [0, 0.05) is 10.9 Å². The van der Waals surface area contributed by atoms with Crippen molar-refractivity contribution < 1.29 is 19.1 Å². The van der Waals surface area contributed by atoms with Crippen LogP contribution in [0.1, 0.15) is 5.01 Å². The van der Waals surface area contributed by atoms with Gasteiger partial charge in [0.25, 0.3) is 0 Å². The van der Waals surface area contributed by atoms with E-state index in [0.717, 1.165) is 17.0 Å². The van der Waals surface area contributed by atoms with Gasteiger partial charge in [0.05, 0.1) is 18.8 Å². The largest absolute Gasteiger partial charge is 0.486 e. The molecule has 0 unspecified atom stereocenters. The second-order valence-corrected chi connectivity index (χ2v) is 6.07.